The zero-order valence-electron chi connectivity index (χ0n) is 13.5. The van der Waals surface area contributed by atoms with Gasteiger partial charge in [0.15, 0.2) is 5.01 Å². The van der Waals surface area contributed by atoms with E-state index < -0.39 is 0 Å². The minimum atomic E-state index is -0.330. The van der Waals surface area contributed by atoms with Crippen molar-refractivity contribution in [3.05, 3.63) is 52.0 Å². The van der Waals surface area contributed by atoms with Crippen LogP contribution in [0.5, 0.6) is 11.5 Å². The molecule has 0 radical (unpaired) electrons. The molecule has 2 aromatic carbocycles. The number of nitrogens with zero attached hydrogens (tertiary/aromatic N) is 2. The fourth-order valence-electron chi connectivity index (χ4n) is 2.15. The highest BCUT2D eigenvalue weighted by atomic mass is 35.5. The van der Waals surface area contributed by atoms with E-state index in [1.165, 1.54) is 12.1 Å². The molecule has 2 N–H and O–H groups in total. The van der Waals surface area contributed by atoms with Gasteiger partial charge in [0.05, 0.1) is 17.2 Å². The molecule has 3 aromatic rings. The van der Waals surface area contributed by atoms with Crippen molar-refractivity contribution in [2.24, 2.45) is 0 Å². The fourth-order valence-corrected chi connectivity index (χ4v) is 3.40. The molecule has 3 rings (SSSR count). The van der Waals surface area contributed by atoms with Crippen LogP contribution in [0.25, 0.3) is 10.6 Å². The van der Waals surface area contributed by atoms with Crippen LogP contribution in [0.3, 0.4) is 0 Å². The highest BCUT2D eigenvalue weighted by molar-refractivity contribution is 7.18. The molecule has 0 bridgehead atoms. The van der Waals surface area contributed by atoms with Gasteiger partial charge in [-0.1, -0.05) is 34.5 Å². The lowest BCUT2D eigenvalue weighted by molar-refractivity contribution is 0.102. The summed E-state index contributed by atoms with van der Waals surface area (Å²) >= 11 is 13.0. The second kappa shape index (κ2) is 7.90. The van der Waals surface area contributed by atoms with Gasteiger partial charge >= 0.3 is 0 Å². The van der Waals surface area contributed by atoms with Crippen LogP contribution in [0, 0.1) is 0 Å². The second-order valence-corrected chi connectivity index (χ2v) is 6.93. The molecule has 0 fully saturated rings. The van der Waals surface area contributed by atoms with Crippen LogP contribution in [-0.2, 0) is 0 Å². The molecular weight excluding hydrogens is 397 g/mol. The van der Waals surface area contributed by atoms with Gasteiger partial charge in [0.1, 0.15) is 11.5 Å². The monoisotopic (exact) mass is 409 g/mol. The van der Waals surface area contributed by atoms with Gasteiger partial charge in [-0.2, -0.15) is 0 Å². The molecule has 0 spiro atoms. The zero-order chi connectivity index (χ0) is 18.7. The van der Waals surface area contributed by atoms with Crippen LogP contribution in [0.2, 0.25) is 10.0 Å². The third-order valence-electron chi connectivity index (χ3n) is 3.33. The van der Waals surface area contributed by atoms with Gasteiger partial charge in [0.25, 0.3) is 5.91 Å². The number of rotatable bonds is 5. The van der Waals surface area contributed by atoms with E-state index in [4.69, 9.17) is 27.9 Å². The Morgan fingerprint density at radius 2 is 1.96 bits per heavy atom. The van der Waals surface area contributed by atoms with Gasteiger partial charge < -0.3 is 9.84 Å². The standard InChI is InChI=1S/C17H13Cl2N3O3S/c1-2-25-11-5-3-9(4-6-11)15(24)20-17-22-21-16(26-17)12-7-10(18)8-13(19)14(12)23/h3-8,23H,2H2,1H3,(H,20,22,24). The summed E-state index contributed by atoms with van der Waals surface area (Å²) in [5.74, 6) is 0.219. The van der Waals surface area contributed by atoms with Crippen molar-refractivity contribution in [3.63, 3.8) is 0 Å². The lowest BCUT2D eigenvalue weighted by atomic mass is 10.2. The Morgan fingerprint density at radius 3 is 2.65 bits per heavy atom. The summed E-state index contributed by atoms with van der Waals surface area (Å²) in [7, 11) is 0. The van der Waals surface area contributed by atoms with Crippen molar-refractivity contribution >= 4 is 45.6 Å². The van der Waals surface area contributed by atoms with Crippen molar-refractivity contribution in [3.8, 4) is 22.1 Å². The Morgan fingerprint density at radius 1 is 1.23 bits per heavy atom. The van der Waals surface area contributed by atoms with Crippen LogP contribution in [0.4, 0.5) is 5.13 Å². The average Bonchev–Trinajstić information content (AvgIpc) is 3.07. The smallest absolute Gasteiger partial charge is 0.257 e. The number of phenols is 1. The maximum Gasteiger partial charge on any atom is 0.257 e. The first-order valence-corrected chi connectivity index (χ1v) is 9.11. The number of aromatic hydroxyl groups is 1. The molecule has 26 heavy (non-hydrogen) atoms. The van der Waals surface area contributed by atoms with Crippen molar-refractivity contribution in [1.82, 2.24) is 10.2 Å². The van der Waals surface area contributed by atoms with Gasteiger partial charge in [0, 0.05) is 10.6 Å². The quantitative estimate of drug-likeness (QED) is 0.627. The number of anilines is 1. The topological polar surface area (TPSA) is 84.3 Å². The van der Waals surface area contributed by atoms with E-state index in [0.29, 0.717) is 33.5 Å². The van der Waals surface area contributed by atoms with Crippen LogP contribution in [-0.4, -0.2) is 27.8 Å². The number of benzene rings is 2. The van der Waals surface area contributed by atoms with E-state index in [2.05, 4.69) is 15.5 Å². The van der Waals surface area contributed by atoms with E-state index in [0.717, 1.165) is 11.3 Å². The van der Waals surface area contributed by atoms with E-state index >= 15 is 0 Å². The van der Waals surface area contributed by atoms with E-state index in [1.54, 1.807) is 24.3 Å². The Bertz CT molecular complexity index is 945. The number of carbonyl (C=O) groups is 1. The predicted molar refractivity (Wildman–Crippen MR) is 103 cm³/mol. The highest BCUT2D eigenvalue weighted by Gasteiger charge is 2.16. The summed E-state index contributed by atoms with van der Waals surface area (Å²) in [6.45, 7) is 2.44. The van der Waals surface area contributed by atoms with Gasteiger partial charge in [-0.05, 0) is 43.3 Å². The van der Waals surface area contributed by atoms with Crippen LogP contribution in [0.15, 0.2) is 36.4 Å². The molecular formula is C17H13Cl2N3O3S. The first-order valence-electron chi connectivity index (χ1n) is 7.54. The molecule has 134 valence electrons. The molecule has 0 aliphatic heterocycles. The molecule has 0 saturated carbocycles. The van der Waals surface area contributed by atoms with Gasteiger partial charge in [-0.3, -0.25) is 10.1 Å². The Balaban J connectivity index is 1.77. The van der Waals surface area contributed by atoms with Crippen molar-refractivity contribution in [2.75, 3.05) is 11.9 Å². The number of hydrogen-bond donors (Lipinski definition) is 2. The highest BCUT2D eigenvalue weighted by Crippen LogP contribution is 2.39. The Hall–Kier alpha value is -2.35. The zero-order valence-corrected chi connectivity index (χ0v) is 15.8. The van der Waals surface area contributed by atoms with E-state index in [9.17, 15) is 9.90 Å². The number of halogens is 2. The van der Waals surface area contributed by atoms with Crippen LogP contribution < -0.4 is 10.1 Å². The third kappa shape index (κ3) is 4.07. The summed E-state index contributed by atoms with van der Waals surface area (Å²) in [6, 6.07) is 9.71. The minimum absolute atomic E-state index is 0.114. The number of ether oxygens (including phenoxy) is 1. The third-order valence-corrected chi connectivity index (χ3v) is 4.71. The Kier molecular flexibility index (Phi) is 5.61. The lowest BCUT2D eigenvalue weighted by Crippen LogP contribution is -2.11. The SMILES string of the molecule is CCOc1ccc(C(=O)Nc2nnc(-c3cc(Cl)cc(Cl)c3O)s2)cc1. The number of nitrogens with one attached hydrogen (secondary N) is 1. The molecule has 0 aliphatic rings. The van der Waals surface area contributed by atoms with Crippen LogP contribution >= 0.6 is 34.5 Å². The Labute approximate surface area is 163 Å². The number of hydrogen-bond acceptors (Lipinski definition) is 6. The fraction of sp³-hybridized carbons (Fsp3) is 0.118. The first-order chi connectivity index (χ1) is 12.5. The van der Waals surface area contributed by atoms with Gasteiger partial charge in [-0.15, -0.1) is 10.2 Å². The molecule has 0 unspecified atom stereocenters. The molecule has 1 amide bonds. The van der Waals surface area contributed by atoms with Crippen molar-refractivity contribution in [1.29, 1.82) is 0 Å². The second-order valence-electron chi connectivity index (χ2n) is 5.11. The van der Waals surface area contributed by atoms with E-state index in [1.807, 2.05) is 6.92 Å². The van der Waals surface area contributed by atoms with Crippen LogP contribution in [0.1, 0.15) is 17.3 Å². The molecule has 1 heterocycles. The maximum absolute atomic E-state index is 12.3. The molecule has 0 atom stereocenters. The van der Waals surface area contributed by atoms with Crippen molar-refractivity contribution in [2.45, 2.75) is 6.92 Å². The molecule has 1 aromatic heterocycles. The van der Waals surface area contributed by atoms with E-state index in [-0.39, 0.29) is 21.8 Å². The lowest BCUT2D eigenvalue weighted by Gasteiger charge is -2.04. The normalized spacial score (nSPS) is 10.6. The largest absolute Gasteiger partial charge is 0.506 e. The maximum atomic E-state index is 12.3. The summed E-state index contributed by atoms with van der Waals surface area (Å²) < 4.78 is 5.34. The summed E-state index contributed by atoms with van der Waals surface area (Å²) in [5.41, 5.74) is 0.806. The minimum Gasteiger partial charge on any atom is -0.506 e. The average molecular weight is 410 g/mol. The predicted octanol–water partition coefficient (Wildman–Crippen LogP) is 4.87. The summed E-state index contributed by atoms with van der Waals surface area (Å²) in [5, 5.41) is 21.8. The van der Waals surface area contributed by atoms with Gasteiger partial charge in [-0.25, -0.2) is 0 Å². The summed E-state index contributed by atoms with van der Waals surface area (Å²) in [4.78, 5) is 12.3. The molecule has 0 saturated heterocycles. The summed E-state index contributed by atoms with van der Waals surface area (Å²) in [6.07, 6.45) is 0. The number of carbonyl (C=O) groups excluding carboxylic acids is 1. The van der Waals surface area contributed by atoms with Gasteiger partial charge in [0.2, 0.25) is 5.13 Å². The first kappa shape index (κ1) is 18.4. The molecule has 9 heteroatoms. The van der Waals surface area contributed by atoms with Crippen molar-refractivity contribution < 1.29 is 14.6 Å². The molecule has 6 nitrogen and oxygen atoms in total. The number of phenolic OH excluding ortho intramolecular Hbond substituents is 1. The molecule has 0 aliphatic carbocycles. The number of aromatic nitrogens is 2. The number of amides is 1.